The molecule has 0 radical (unpaired) electrons. The van der Waals surface area contributed by atoms with Crippen molar-refractivity contribution in [3.05, 3.63) is 39.9 Å². The molecule has 0 unspecified atom stereocenters. The molecule has 1 aliphatic rings. The van der Waals surface area contributed by atoms with Crippen LogP contribution in [0.25, 0.3) is 0 Å². The summed E-state index contributed by atoms with van der Waals surface area (Å²) >= 11 is 0. The number of non-ortho nitro benzene ring substituents is 1. The molecule has 0 spiro atoms. The third-order valence-corrected chi connectivity index (χ3v) is 3.39. The molecule has 1 aromatic carbocycles. The van der Waals surface area contributed by atoms with Crippen LogP contribution >= 0.6 is 0 Å². The van der Waals surface area contributed by atoms with Crippen LogP contribution in [0.2, 0.25) is 0 Å². The van der Waals surface area contributed by atoms with Crippen molar-refractivity contribution in [2.75, 3.05) is 14.1 Å². The third-order valence-electron chi connectivity index (χ3n) is 3.39. The first-order valence-corrected chi connectivity index (χ1v) is 6.15. The number of hydrogen-bond acceptors (Lipinski definition) is 5. The standard InChI is InChI=1S/C13H13N3O5/c1-14-11(17)10(12(18)15(2)13(14)19)7-8-4-3-5-9(6-8)16(20)21/h3-6,10H,7H2,1-2H3. The van der Waals surface area contributed by atoms with E-state index in [9.17, 15) is 24.5 Å². The fourth-order valence-corrected chi connectivity index (χ4v) is 2.19. The van der Waals surface area contributed by atoms with Crippen molar-refractivity contribution in [2.24, 2.45) is 5.92 Å². The van der Waals surface area contributed by atoms with Crippen LogP contribution in [0.4, 0.5) is 10.5 Å². The smallest absolute Gasteiger partial charge is 0.273 e. The minimum atomic E-state index is -1.04. The van der Waals surface area contributed by atoms with Crippen molar-refractivity contribution < 1.29 is 19.3 Å². The van der Waals surface area contributed by atoms with Gasteiger partial charge in [-0.15, -0.1) is 0 Å². The Morgan fingerprint density at radius 1 is 1.14 bits per heavy atom. The van der Waals surface area contributed by atoms with E-state index in [0.29, 0.717) is 5.56 Å². The number of nitro groups is 1. The molecule has 1 fully saturated rings. The fraction of sp³-hybridized carbons (Fsp3) is 0.308. The van der Waals surface area contributed by atoms with Crippen LogP contribution < -0.4 is 0 Å². The Morgan fingerprint density at radius 3 is 2.24 bits per heavy atom. The van der Waals surface area contributed by atoms with Gasteiger partial charge in [0.1, 0.15) is 5.92 Å². The van der Waals surface area contributed by atoms with Gasteiger partial charge in [0.15, 0.2) is 0 Å². The highest BCUT2D eigenvalue weighted by Crippen LogP contribution is 2.22. The summed E-state index contributed by atoms with van der Waals surface area (Å²) in [7, 11) is 2.60. The van der Waals surface area contributed by atoms with Gasteiger partial charge >= 0.3 is 6.03 Å². The van der Waals surface area contributed by atoms with E-state index in [0.717, 1.165) is 9.80 Å². The number of barbiturate groups is 1. The lowest BCUT2D eigenvalue weighted by Gasteiger charge is -2.32. The van der Waals surface area contributed by atoms with Gasteiger partial charge in [-0.1, -0.05) is 12.1 Å². The van der Waals surface area contributed by atoms with E-state index in [1.807, 2.05) is 0 Å². The molecule has 1 saturated heterocycles. The lowest BCUT2D eigenvalue weighted by Crippen LogP contribution is -2.57. The molecule has 1 aromatic rings. The SMILES string of the molecule is CN1C(=O)C(Cc2cccc([N+](=O)[O-])c2)C(=O)N(C)C1=O. The monoisotopic (exact) mass is 291 g/mol. The molecule has 21 heavy (non-hydrogen) atoms. The number of urea groups is 1. The Labute approximate surface area is 120 Å². The van der Waals surface area contributed by atoms with Crippen molar-refractivity contribution in [3.63, 3.8) is 0 Å². The highest BCUT2D eigenvalue weighted by atomic mass is 16.6. The van der Waals surface area contributed by atoms with Gasteiger partial charge in [0, 0.05) is 26.2 Å². The zero-order chi connectivity index (χ0) is 15.7. The van der Waals surface area contributed by atoms with Crippen LogP contribution in [0.3, 0.4) is 0 Å². The molecule has 0 bridgehead atoms. The average Bonchev–Trinajstić information content (AvgIpc) is 2.48. The highest BCUT2D eigenvalue weighted by Gasteiger charge is 2.42. The summed E-state index contributed by atoms with van der Waals surface area (Å²) in [5.74, 6) is -2.25. The van der Waals surface area contributed by atoms with Gasteiger partial charge in [-0.3, -0.25) is 29.5 Å². The molecule has 4 amide bonds. The second-order valence-corrected chi connectivity index (χ2v) is 4.76. The predicted octanol–water partition coefficient (Wildman–Crippen LogP) is 0.804. The number of nitrogens with zero attached hydrogens (tertiary/aromatic N) is 3. The van der Waals surface area contributed by atoms with Crippen LogP contribution in [0, 0.1) is 16.0 Å². The molecule has 1 aliphatic heterocycles. The summed E-state index contributed by atoms with van der Waals surface area (Å²) in [4.78, 5) is 47.6. The maximum atomic E-state index is 12.0. The Hall–Kier alpha value is -2.77. The topological polar surface area (TPSA) is 101 Å². The molecule has 8 nitrogen and oxygen atoms in total. The molecule has 0 aromatic heterocycles. The fourth-order valence-electron chi connectivity index (χ4n) is 2.19. The van der Waals surface area contributed by atoms with E-state index in [1.165, 1.54) is 32.3 Å². The van der Waals surface area contributed by atoms with Gasteiger partial charge in [-0.05, 0) is 12.0 Å². The van der Waals surface area contributed by atoms with Crippen LogP contribution in [0.1, 0.15) is 5.56 Å². The third kappa shape index (κ3) is 2.60. The quantitative estimate of drug-likeness (QED) is 0.466. The molecule has 0 aliphatic carbocycles. The Balaban J connectivity index is 2.27. The Morgan fingerprint density at radius 2 is 1.71 bits per heavy atom. The lowest BCUT2D eigenvalue weighted by atomic mass is 9.95. The van der Waals surface area contributed by atoms with Crippen molar-refractivity contribution in [1.29, 1.82) is 0 Å². The van der Waals surface area contributed by atoms with Crippen molar-refractivity contribution in [2.45, 2.75) is 6.42 Å². The van der Waals surface area contributed by atoms with Crippen LogP contribution in [0.15, 0.2) is 24.3 Å². The van der Waals surface area contributed by atoms with E-state index in [-0.39, 0.29) is 12.1 Å². The van der Waals surface area contributed by atoms with Crippen molar-refractivity contribution in [1.82, 2.24) is 9.80 Å². The molecule has 0 atom stereocenters. The minimum Gasteiger partial charge on any atom is -0.273 e. The van der Waals surface area contributed by atoms with Crippen LogP contribution in [-0.4, -0.2) is 46.7 Å². The summed E-state index contributed by atoms with van der Waals surface area (Å²) in [6.07, 6.45) is 0.0152. The number of amides is 4. The lowest BCUT2D eigenvalue weighted by molar-refractivity contribution is -0.384. The first kappa shape index (κ1) is 14.6. The molecule has 110 valence electrons. The second kappa shape index (κ2) is 5.31. The van der Waals surface area contributed by atoms with Gasteiger partial charge < -0.3 is 0 Å². The van der Waals surface area contributed by atoms with E-state index < -0.39 is 28.7 Å². The average molecular weight is 291 g/mol. The Kier molecular flexibility index (Phi) is 3.70. The summed E-state index contributed by atoms with van der Waals surface area (Å²) < 4.78 is 0. The molecule has 0 N–H and O–H groups in total. The molecule has 0 saturated carbocycles. The van der Waals surface area contributed by atoms with E-state index in [1.54, 1.807) is 6.07 Å². The molecular formula is C13H13N3O5. The van der Waals surface area contributed by atoms with Gasteiger partial charge in [0.25, 0.3) is 5.69 Å². The number of carbonyl (C=O) groups excluding carboxylic acids is 3. The zero-order valence-corrected chi connectivity index (χ0v) is 11.5. The highest BCUT2D eigenvalue weighted by molar-refractivity contribution is 6.15. The first-order valence-electron chi connectivity index (χ1n) is 6.15. The van der Waals surface area contributed by atoms with Crippen molar-refractivity contribution in [3.8, 4) is 0 Å². The second-order valence-electron chi connectivity index (χ2n) is 4.76. The molecule has 1 heterocycles. The molecule has 2 rings (SSSR count). The summed E-state index contributed by atoms with van der Waals surface area (Å²) in [5.41, 5.74) is 0.382. The van der Waals surface area contributed by atoms with Crippen molar-refractivity contribution >= 4 is 23.5 Å². The Bertz CT molecular complexity index is 618. The zero-order valence-electron chi connectivity index (χ0n) is 11.5. The summed E-state index contributed by atoms with van der Waals surface area (Å²) in [5, 5.41) is 10.7. The van der Waals surface area contributed by atoms with Crippen LogP contribution in [-0.2, 0) is 16.0 Å². The maximum absolute atomic E-state index is 12.0. The van der Waals surface area contributed by atoms with Crippen LogP contribution in [0.5, 0.6) is 0 Å². The minimum absolute atomic E-state index is 0.0152. The van der Waals surface area contributed by atoms with Gasteiger partial charge in [-0.25, -0.2) is 4.79 Å². The number of hydrogen-bond donors (Lipinski definition) is 0. The summed E-state index contributed by atoms with van der Waals surface area (Å²) in [6, 6.07) is 5.06. The number of nitro benzene ring substituents is 1. The number of carbonyl (C=O) groups is 3. The molecule has 8 heteroatoms. The van der Waals surface area contributed by atoms with Gasteiger partial charge in [0.05, 0.1) is 4.92 Å². The maximum Gasteiger partial charge on any atom is 0.332 e. The summed E-state index contributed by atoms with van der Waals surface area (Å²) in [6.45, 7) is 0. The van der Waals surface area contributed by atoms with Gasteiger partial charge in [0.2, 0.25) is 11.8 Å². The number of benzene rings is 1. The van der Waals surface area contributed by atoms with E-state index in [4.69, 9.17) is 0 Å². The molecular weight excluding hydrogens is 278 g/mol. The first-order chi connectivity index (χ1) is 9.82. The number of imide groups is 2. The predicted molar refractivity (Wildman–Crippen MR) is 71.2 cm³/mol. The van der Waals surface area contributed by atoms with E-state index in [2.05, 4.69) is 0 Å². The van der Waals surface area contributed by atoms with E-state index >= 15 is 0 Å². The van der Waals surface area contributed by atoms with Gasteiger partial charge in [-0.2, -0.15) is 0 Å². The number of rotatable bonds is 3. The largest absolute Gasteiger partial charge is 0.332 e. The normalized spacial score (nSPS) is 16.6.